The molecule has 1 fully saturated rings. The second-order valence-electron chi connectivity index (χ2n) is 7.94. The number of nitrogens with one attached hydrogen (secondary N) is 2. The van der Waals surface area contributed by atoms with E-state index in [0.717, 1.165) is 24.7 Å². The summed E-state index contributed by atoms with van der Waals surface area (Å²) < 4.78 is 7.87. The van der Waals surface area contributed by atoms with Crippen LogP contribution in [0.2, 0.25) is 0 Å². The molecule has 0 saturated heterocycles. The second-order valence-corrected chi connectivity index (χ2v) is 7.94. The van der Waals surface area contributed by atoms with Gasteiger partial charge in [0.25, 0.3) is 0 Å². The smallest absolute Gasteiger partial charge is 0.191 e. The molecule has 0 radical (unpaired) electrons. The van der Waals surface area contributed by atoms with Crippen LogP contribution in [0.4, 0.5) is 0 Å². The van der Waals surface area contributed by atoms with Crippen LogP contribution >= 0.6 is 0 Å². The molecule has 1 aliphatic carbocycles. The largest absolute Gasteiger partial charge is 0.378 e. The number of nitrogens with zero attached hydrogens (tertiary/aromatic N) is 3. The Balaban J connectivity index is 1.58. The van der Waals surface area contributed by atoms with Crippen molar-refractivity contribution in [2.45, 2.75) is 51.9 Å². The molecule has 2 N–H and O–H groups in total. The topological polar surface area (TPSA) is 63.5 Å². The molecular formula is C21H31N5O. The molecule has 2 unspecified atom stereocenters. The molecule has 1 aliphatic rings. The number of methoxy groups -OCH3 is 1. The van der Waals surface area contributed by atoms with Gasteiger partial charge in [0.1, 0.15) is 5.82 Å². The van der Waals surface area contributed by atoms with Gasteiger partial charge in [-0.15, -0.1) is 0 Å². The monoisotopic (exact) mass is 369 g/mol. The van der Waals surface area contributed by atoms with Crippen LogP contribution < -0.4 is 10.6 Å². The first kappa shape index (κ1) is 19.4. The fraction of sp³-hybridized carbons (Fsp3) is 0.524. The summed E-state index contributed by atoms with van der Waals surface area (Å²) in [6, 6.07) is 10.7. The van der Waals surface area contributed by atoms with Gasteiger partial charge in [0, 0.05) is 44.6 Å². The molecule has 6 heteroatoms. The number of aliphatic imine (C=N–C) groups is 1. The number of ether oxygens (including phenoxy) is 1. The van der Waals surface area contributed by atoms with Crippen molar-refractivity contribution < 1.29 is 4.74 Å². The number of hydrogen-bond acceptors (Lipinski definition) is 3. The van der Waals surface area contributed by atoms with Crippen molar-refractivity contribution in [3.8, 4) is 0 Å². The van der Waals surface area contributed by atoms with Crippen molar-refractivity contribution >= 4 is 5.96 Å². The number of guanidine groups is 1. The minimum Gasteiger partial charge on any atom is -0.378 e. The Labute approximate surface area is 162 Å². The van der Waals surface area contributed by atoms with Crippen LogP contribution in [-0.2, 0) is 17.8 Å². The van der Waals surface area contributed by atoms with Crippen molar-refractivity contribution in [1.82, 2.24) is 20.2 Å². The van der Waals surface area contributed by atoms with E-state index in [1.807, 2.05) is 18.5 Å². The number of aromatic nitrogens is 2. The highest BCUT2D eigenvalue weighted by Gasteiger charge is 2.58. The summed E-state index contributed by atoms with van der Waals surface area (Å²) in [5, 5.41) is 6.93. The summed E-state index contributed by atoms with van der Waals surface area (Å²) in [6.07, 6.45) is 4.81. The third kappa shape index (κ3) is 3.86. The normalized spacial score (nSPS) is 24.3. The lowest BCUT2D eigenvalue weighted by molar-refractivity contribution is -0.176. The summed E-state index contributed by atoms with van der Waals surface area (Å²) >= 11 is 0. The van der Waals surface area contributed by atoms with E-state index in [1.165, 1.54) is 5.56 Å². The fourth-order valence-electron chi connectivity index (χ4n) is 3.68. The van der Waals surface area contributed by atoms with Gasteiger partial charge in [-0.1, -0.05) is 44.2 Å². The van der Waals surface area contributed by atoms with Crippen LogP contribution in [0, 0.1) is 5.41 Å². The Morgan fingerprint density at radius 2 is 2.04 bits per heavy atom. The molecule has 2 aromatic rings. The first-order valence-electron chi connectivity index (χ1n) is 9.46. The molecule has 2 atom stereocenters. The van der Waals surface area contributed by atoms with Gasteiger partial charge in [0.15, 0.2) is 5.96 Å². The summed E-state index contributed by atoms with van der Waals surface area (Å²) in [5.74, 6) is 1.77. The van der Waals surface area contributed by atoms with Gasteiger partial charge in [-0.25, -0.2) is 4.98 Å². The zero-order chi connectivity index (χ0) is 19.5. The van der Waals surface area contributed by atoms with Gasteiger partial charge in [0.2, 0.25) is 0 Å². The van der Waals surface area contributed by atoms with Crippen LogP contribution in [0.3, 0.4) is 0 Å². The summed E-state index contributed by atoms with van der Waals surface area (Å²) in [4.78, 5) is 8.87. The summed E-state index contributed by atoms with van der Waals surface area (Å²) in [7, 11) is 3.59. The van der Waals surface area contributed by atoms with Crippen LogP contribution in [-0.4, -0.2) is 41.3 Å². The van der Waals surface area contributed by atoms with Crippen molar-refractivity contribution in [3.05, 3.63) is 54.1 Å². The lowest BCUT2D eigenvalue weighted by Crippen LogP contribution is -2.69. The molecule has 1 saturated carbocycles. The van der Waals surface area contributed by atoms with Gasteiger partial charge in [-0.05, 0) is 18.9 Å². The maximum atomic E-state index is 5.71. The molecule has 3 rings (SSSR count). The highest BCUT2D eigenvalue weighted by Crippen LogP contribution is 2.51. The van der Waals surface area contributed by atoms with E-state index >= 15 is 0 Å². The van der Waals surface area contributed by atoms with Gasteiger partial charge in [0.05, 0.1) is 12.1 Å². The molecule has 1 aromatic heterocycles. The number of benzene rings is 1. The zero-order valence-corrected chi connectivity index (χ0v) is 17.0. The molecule has 0 spiro atoms. The fourth-order valence-corrected chi connectivity index (χ4v) is 3.68. The summed E-state index contributed by atoms with van der Waals surface area (Å²) in [5.41, 5.74) is 1.19. The van der Waals surface area contributed by atoms with Gasteiger partial charge >= 0.3 is 0 Å². The predicted molar refractivity (Wildman–Crippen MR) is 109 cm³/mol. The second kappa shape index (κ2) is 7.72. The maximum Gasteiger partial charge on any atom is 0.191 e. The lowest BCUT2D eigenvalue weighted by atomic mass is 9.56. The van der Waals surface area contributed by atoms with E-state index < -0.39 is 0 Å². The Bertz CT molecular complexity index is 783. The van der Waals surface area contributed by atoms with E-state index in [-0.39, 0.29) is 11.0 Å². The van der Waals surface area contributed by atoms with Gasteiger partial charge in [-0.3, -0.25) is 4.99 Å². The quantitative estimate of drug-likeness (QED) is 0.607. The average molecular weight is 370 g/mol. The Hall–Kier alpha value is -2.34. The van der Waals surface area contributed by atoms with Crippen LogP contribution in [0.15, 0.2) is 47.7 Å². The van der Waals surface area contributed by atoms with Crippen molar-refractivity contribution in [1.29, 1.82) is 0 Å². The molecule has 6 nitrogen and oxygen atoms in total. The molecule has 1 aromatic carbocycles. The predicted octanol–water partition coefficient (Wildman–Crippen LogP) is 2.80. The van der Waals surface area contributed by atoms with Crippen LogP contribution in [0.5, 0.6) is 0 Å². The van der Waals surface area contributed by atoms with E-state index in [0.29, 0.717) is 12.6 Å². The molecule has 146 valence electrons. The number of rotatable bonds is 6. The molecular weight excluding hydrogens is 338 g/mol. The van der Waals surface area contributed by atoms with E-state index in [1.54, 1.807) is 14.2 Å². The molecule has 1 heterocycles. The minimum atomic E-state index is -0.102. The number of hydrogen-bond donors (Lipinski definition) is 2. The number of imidazole rings is 1. The van der Waals surface area contributed by atoms with E-state index in [2.05, 4.69) is 70.2 Å². The third-order valence-electron chi connectivity index (χ3n) is 6.22. The highest BCUT2D eigenvalue weighted by atomic mass is 16.5. The Kier molecular flexibility index (Phi) is 5.56. The Morgan fingerprint density at radius 3 is 2.67 bits per heavy atom. The minimum absolute atomic E-state index is 0.0329. The molecule has 0 amide bonds. The van der Waals surface area contributed by atoms with Crippen molar-refractivity contribution in [2.75, 3.05) is 14.2 Å². The van der Waals surface area contributed by atoms with Gasteiger partial charge in [-0.2, -0.15) is 0 Å². The highest BCUT2D eigenvalue weighted by molar-refractivity contribution is 5.80. The average Bonchev–Trinajstić information content (AvgIpc) is 3.11. The molecule has 0 bridgehead atoms. The third-order valence-corrected chi connectivity index (χ3v) is 6.22. The zero-order valence-electron chi connectivity index (χ0n) is 17.0. The SMILES string of the molecule is CN=C(NCc1nccn1Cc1ccccc1)NC1CC(C)(OC)C1(C)C. The molecule has 0 aliphatic heterocycles. The van der Waals surface area contributed by atoms with Crippen LogP contribution in [0.1, 0.15) is 38.6 Å². The van der Waals surface area contributed by atoms with Crippen LogP contribution in [0.25, 0.3) is 0 Å². The van der Waals surface area contributed by atoms with E-state index in [4.69, 9.17) is 4.74 Å². The standard InChI is InChI=1S/C21H31N5O/c1-20(2)17(13-21(20,3)27-5)25-19(22-4)24-14-18-23-11-12-26(18)15-16-9-7-6-8-10-16/h6-12,17H,13-15H2,1-5H3,(H2,22,24,25). The maximum absolute atomic E-state index is 5.71. The first-order valence-corrected chi connectivity index (χ1v) is 9.46. The lowest BCUT2D eigenvalue weighted by Gasteiger charge is -2.59. The first-order chi connectivity index (χ1) is 12.9. The van der Waals surface area contributed by atoms with Crippen molar-refractivity contribution in [3.63, 3.8) is 0 Å². The summed E-state index contributed by atoms with van der Waals surface area (Å²) in [6.45, 7) is 8.07. The Morgan fingerprint density at radius 1 is 1.30 bits per heavy atom. The van der Waals surface area contributed by atoms with Gasteiger partial charge < -0.3 is 19.9 Å². The molecule has 27 heavy (non-hydrogen) atoms. The van der Waals surface area contributed by atoms with Crippen molar-refractivity contribution in [2.24, 2.45) is 10.4 Å². The van der Waals surface area contributed by atoms with E-state index in [9.17, 15) is 0 Å².